The molecule has 3 aromatic carbocycles. The molecule has 0 unspecified atom stereocenters. The SMILES string of the molecule is Cc1oc([C@@H](OCc2ccccc2)[C@H](OCc2ccccc2)[C@@H](CN)OCc2ccccc2)cc1CO. The van der Waals surface area contributed by atoms with Gasteiger partial charge in [0.25, 0.3) is 0 Å². The Hall–Kier alpha value is -3.26. The molecule has 0 amide bonds. The molecule has 0 saturated carbocycles. The summed E-state index contributed by atoms with van der Waals surface area (Å²) >= 11 is 0. The van der Waals surface area contributed by atoms with Gasteiger partial charge in [-0.2, -0.15) is 0 Å². The maximum absolute atomic E-state index is 9.80. The van der Waals surface area contributed by atoms with Crippen LogP contribution < -0.4 is 5.73 Å². The predicted octanol–water partition coefficient (Wildman–Crippen LogP) is 5.47. The summed E-state index contributed by atoms with van der Waals surface area (Å²) in [7, 11) is 0. The first-order chi connectivity index (χ1) is 18.2. The van der Waals surface area contributed by atoms with Gasteiger partial charge in [-0.3, -0.25) is 0 Å². The van der Waals surface area contributed by atoms with Crippen LogP contribution in [0.2, 0.25) is 0 Å². The van der Waals surface area contributed by atoms with Gasteiger partial charge < -0.3 is 29.5 Å². The molecule has 0 saturated heterocycles. The standard InChI is InChI=1S/C31H35NO5/c1-23-27(19-33)17-28(37-23)30(35-21-25-13-7-3-8-14-25)31(36-22-26-15-9-4-10-16-26)29(18-32)34-20-24-11-5-2-6-12-24/h2-17,29-31,33H,18-22,32H2,1H3/t29-,30-,31-/m1/s1. The summed E-state index contributed by atoms with van der Waals surface area (Å²) in [5, 5.41) is 9.80. The van der Waals surface area contributed by atoms with Crippen molar-refractivity contribution in [2.24, 2.45) is 5.73 Å². The first-order valence-electron chi connectivity index (χ1n) is 12.5. The lowest BCUT2D eigenvalue weighted by Crippen LogP contribution is -2.42. The molecule has 4 rings (SSSR count). The molecule has 0 aliphatic carbocycles. The normalized spacial score (nSPS) is 13.8. The van der Waals surface area contributed by atoms with Gasteiger partial charge in [0, 0.05) is 12.1 Å². The Balaban J connectivity index is 1.64. The first kappa shape index (κ1) is 26.8. The van der Waals surface area contributed by atoms with Crippen molar-refractivity contribution in [1.29, 1.82) is 0 Å². The molecule has 37 heavy (non-hydrogen) atoms. The summed E-state index contributed by atoms with van der Waals surface area (Å²) in [4.78, 5) is 0. The zero-order valence-electron chi connectivity index (χ0n) is 21.2. The van der Waals surface area contributed by atoms with Crippen LogP contribution in [0.15, 0.2) is 101 Å². The number of hydrogen-bond acceptors (Lipinski definition) is 6. The Kier molecular flexibility index (Phi) is 10.1. The van der Waals surface area contributed by atoms with Crippen LogP contribution in [-0.4, -0.2) is 23.9 Å². The molecule has 0 spiro atoms. The van der Waals surface area contributed by atoms with Crippen LogP contribution in [0.4, 0.5) is 0 Å². The number of furan rings is 1. The lowest BCUT2D eigenvalue weighted by molar-refractivity contribution is -0.156. The van der Waals surface area contributed by atoms with Gasteiger partial charge in [-0.25, -0.2) is 0 Å². The molecular formula is C31H35NO5. The van der Waals surface area contributed by atoms with Gasteiger partial charge in [-0.15, -0.1) is 0 Å². The van der Waals surface area contributed by atoms with E-state index in [1.54, 1.807) is 0 Å². The number of hydrogen-bond donors (Lipinski definition) is 2. The van der Waals surface area contributed by atoms with Crippen molar-refractivity contribution >= 4 is 0 Å². The molecule has 0 radical (unpaired) electrons. The minimum absolute atomic E-state index is 0.124. The van der Waals surface area contributed by atoms with Gasteiger partial charge in [0.1, 0.15) is 23.7 Å². The summed E-state index contributed by atoms with van der Waals surface area (Å²) in [5.41, 5.74) is 10.1. The summed E-state index contributed by atoms with van der Waals surface area (Å²) in [5.74, 6) is 1.21. The molecule has 1 aromatic heterocycles. The van der Waals surface area contributed by atoms with Gasteiger partial charge in [-0.05, 0) is 29.7 Å². The summed E-state index contributed by atoms with van der Waals surface area (Å²) in [6.45, 7) is 3.02. The second-order valence-electron chi connectivity index (χ2n) is 8.94. The quantitative estimate of drug-likeness (QED) is 0.238. The highest BCUT2D eigenvalue weighted by atomic mass is 16.6. The molecule has 6 nitrogen and oxygen atoms in total. The van der Waals surface area contributed by atoms with Gasteiger partial charge in [0.05, 0.1) is 32.5 Å². The van der Waals surface area contributed by atoms with E-state index in [9.17, 15) is 5.11 Å². The molecule has 0 fully saturated rings. The minimum Gasteiger partial charge on any atom is -0.463 e. The second-order valence-corrected chi connectivity index (χ2v) is 8.94. The third-order valence-corrected chi connectivity index (χ3v) is 6.25. The Bertz CT molecular complexity index is 1180. The summed E-state index contributed by atoms with van der Waals surface area (Å²) < 4.78 is 25.4. The average Bonchev–Trinajstić information content (AvgIpc) is 3.33. The van der Waals surface area contributed by atoms with E-state index in [2.05, 4.69) is 0 Å². The molecule has 0 bridgehead atoms. The second kappa shape index (κ2) is 13.9. The average molecular weight is 502 g/mol. The van der Waals surface area contributed by atoms with Crippen LogP contribution in [0.5, 0.6) is 0 Å². The lowest BCUT2D eigenvalue weighted by Gasteiger charge is -2.32. The smallest absolute Gasteiger partial charge is 0.144 e. The maximum Gasteiger partial charge on any atom is 0.144 e. The van der Waals surface area contributed by atoms with Crippen molar-refractivity contribution in [2.45, 2.75) is 51.7 Å². The highest BCUT2D eigenvalue weighted by Crippen LogP contribution is 2.32. The zero-order valence-corrected chi connectivity index (χ0v) is 21.2. The predicted molar refractivity (Wildman–Crippen MR) is 142 cm³/mol. The van der Waals surface area contributed by atoms with Crippen LogP contribution in [-0.2, 0) is 40.6 Å². The molecular weight excluding hydrogens is 466 g/mol. The van der Waals surface area contributed by atoms with Crippen molar-refractivity contribution in [3.8, 4) is 0 Å². The van der Waals surface area contributed by atoms with Gasteiger partial charge >= 0.3 is 0 Å². The Morgan fingerprint density at radius 2 is 1.22 bits per heavy atom. The number of aliphatic hydroxyl groups excluding tert-OH is 1. The van der Waals surface area contributed by atoms with E-state index in [4.69, 9.17) is 24.4 Å². The van der Waals surface area contributed by atoms with Crippen LogP contribution >= 0.6 is 0 Å². The van der Waals surface area contributed by atoms with Crippen molar-refractivity contribution < 1.29 is 23.7 Å². The van der Waals surface area contributed by atoms with Crippen LogP contribution in [0, 0.1) is 6.92 Å². The largest absolute Gasteiger partial charge is 0.463 e. The van der Waals surface area contributed by atoms with E-state index in [1.165, 1.54) is 0 Å². The molecule has 0 aliphatic heterocycles. The van der Waals surface area contributed by atoms with Gasteiger partial charge in [0.15, 0.2) is 0 Å². The summed E-state index contributed by atoms with van der Waals surface area (Å²) in [6.07, 6.45) is -1.67. The topological polar surface area (TPSA) is 87.1 Å². The first-order valence-corrected chi connectivity index (χ1v) is 12.5. The van der Waals surface area contributed by atoms with Crippen LogP contribution in [0.25, 0.3) is 0 Å². The monoisotopic (exact) mass is 501 g/mol. The number of aryl methyl sites for hydroxylation is 1. The molecule has 6 heteroatoms. The third-order valence-electron chi connectivity index (χ3n) is 6.25. The van der Waals surface area contributed by atoms with Crippen molar-refractivity contribution in [1.82, 2.24) is 0 Å². The highest BCUT2D eigenvalue weighted by molar-refractivity contribution is 5.23. The number of rotatable bonds is 14. The lowest BCUT2D eigenvalue weighted by atomic mass is 10.0. The van der Waals surface area contributed by atoms with Crippen molar-refractivity contribution in [2.75, 3.05) is 6.54 Å². The molecule has 4 aromatic rings. The number of benzene rings is 3. The number of nitrogens with two attached hydrogens (primary N) is 1. The highest BCUT2D eigenvalue weighted by Gasteiger charge is 2.35. The van der Waals surface area contributed by atoms with Crippen molar-refractivity contribution in [3.63, 3.8) is 0 Å². The Labute approximate surface area is 218 Å². The summed E-state index contributed by atoms with van der Waals surface area (Å²) in [6, 6.07) is 31.7. The van der Waals surface area contributed by atoms with E-state index in [-0.39, 0.29) is 13.2 Å². The van der Waals surface area contributed by atoms with E-state index in [0.29, 0.717) is 36.9 Å². The molecule has 3 N–H and O–H groups in total. The van der Waals surface area contributed by atoms with Gasteiger partial charge in [0.2, 0.25) is 0 Å². The number of ether oxygens (including phenoxy) is 3. The molecule has 3 atom stereocenters. The minimum atomic E-state index is -0.618. The van der Waals surface area contributed by atoms with Gasteiger partial charge in [-0.1, -0.05) is 91.0 Å². The molecule has 0 aliphatic rings. The third kappa shape index (κ3) is 7.61. The van der Waals surface area contributed by atoms with E-state index < -0.39 is 18.3 Å². The Morgan fingerprint density at radius 1 is 0.730 bits per heavy atom. The Morgan fingerprint density at radius 3 is 1.68 bits per heavy atom. The maximum atomic E-state index is 9.80. The van der Waals surface area contributed by atoms with E-state index >= 15 is 0 Å². The fourth-order valence-electron chi connectivity index (χ4n) is 4.17. The molecule has 1 heterocycles. The van der Waals surface area contributed by atoms with Crippen molar-refractivity contribution in [3.05, 3.63) is 131 Å². The molecule has 194 valence electrons. The fourth-order valence-corrected chi connectivity index (χ4v) is 4.17. The van der Waals surface area contributed by atoms with E-state index in [1.807, 2.05) is 104 Å². The zero-order chi connectivity index (χ0) is 25.9. The van der Waals surface area contributed by atoms with Crippen LogP contribution in [0.3, 0.4) is 0 Å². The van der Waals surface area contributed by atoms with E-state index in [0.717, 1.165) is 16.7 Å². The van der Waals surface area contributed by atoms with Crippen LogP contribution in [0.1, 0.15) is 39.9 Å². The fraction of sp³-hybridized carbons (Fsp3) is 0.290. The number of aliphatic hydroxyl groups is 1.